The number of carboxylic acid groups (broad SMARTS) is 1. The van der Waals surface area contributed by atoms with Crippen molar-refractivity contribution in [2.45, 2.75) is 25.4 Å². The Labute approximate surface area is 119 Å². The lowest BCUT2D eigenvalue weighted by atomic mass is 10.3. The third-order valence-corrected chi connectivity index (χ3v) is 3.94. The fourth-order valence-electron chi connectivity index (χ4n) is 2.04. The van der Waals surface area contributed by atoms with E-state index < -0.39 is 5.97 Å². The van der Waals surface area contributed by atoms with E-state index in [1.165, 1.54) is 12.1 Å². The lowest BCUT2D eigenvalue weighted by molar-refractivity contribution is 0.0644. The SMILES string of the molecule is O=C(O)c1ccc(C(=O)N(Cc2ccsc2)C2CC2)o1. The summed E-state index contributed by atoms with van der Waals surface area (Å²) in [4.78, 5) is 25.0. The summed E-state index contributed by atoms with van der Waals surface area (Å²) in [6, 6.07) is 4.96. The quantitative estimate of drug-likeness (QED) is 0.919. The molecule has 0 aliphatic heterocycles. The molecule has 0 bridgehead atoms. The average molecular weight is 291 g/mol. The van der Waals surface area contributed by atoms with Gasteiger partial charge in [-0.05, 0) is 47.4 Å². The van der Waals surface area contributed by atoms with Crippen LogP contribution in [-0.2, 0) is 6.54 Å². The fourth-order valence-corrected chi connectivity index (χ4v) is 2.70. The molecule has 1 saturated carbocycles. The van der Waals surface area contributed by atoms with E-state index in [2.05, 4.69) is 0 Å². The first-order valence-corrected chi connectivity index (χ1v) is 7.24. The molecule has 1 fully saturated rings. The summed E-state index contributed by atoms with van der Waals surface area (Å²) in [7, 11) is 0. The molecular formula is C14H13NO4S. The van der Waals surface area contributed by atoms with Crippen LogP contribution in [0.15, 0.2) is 33.4 Å². The van der Waals surface area contributed by atoms with E-state index in [0.717, 1.165) is 18.4 Å². The van der Waals surface area contributed by atoms with E-state index in [1.54, 1.807) is 16.2 Å². The number of thiophene rings is 1. The number of carboxylic acids is 1. The van der Waals surface area contributed by atoms with Crippen molar-refractivity contribution in [3.63, 3.8) is 0 Å². The lowest BCUT2D eigenvalue weighted by Gasteiger charge is -2.20. The highest BCUT2D eigenvalue weighted by Crippen LogP contribution is 2.30. The van der Waals surface area contributed by atoms with Crippen molar-refractivity contribution < 1.29 is 19.1 Å². The molecule has 1 aliphatic rings. The van der Waals surface area contributed by atoms with Crippen molar-refractivity contribution in [3.05, 3.63) is 46.0 Å². The molecule has 6 heteroatoms. The molecule has 0 unspecified atom stereocenters. The normalized spacial score (nSPS) is 14.2. The number of furan rings is 1. The number of rotatable bonds is 5. The van der Waals surface area contributed by atoms with Crippen molar-refractivity contribution in [1.82, 2.24) is 4.90 Å². The predicted molar refractivity (Wildman–Crippen MR) is 72.9 cm³/mol. The summed E-state index contributed by atoms with van der Waals surface area (Å²) in [6.45, 7) is 0.538. The number of hydrogen-bond donors (Lipinski definition) is 1. The van der Waals surface area contributed by atoms with Gasteiger partial charge < -0.3 is 14.4 Å². The van der Waals surface area contributed by atoms with E-state index in [9.17, 15) is 9.59 Å². The molecule has 20 heavy (non-hydrogen) atoms. The van der Waals surface area contributed by atoms with Crippen LogP contribution in [0.5, 0.6) is 0 Å². The molecule has 0 aromatic carbocycles. The van der Waals surface area contributed by atoms with Gasteiger partial charge in [-0.2, -0.15) is 11.3 Å². The van der Waals surface area contributed by atoms with Crippen LogP contribution in [0.25, 0.3) is 0 Å². The minimum atomic E-state index is -1.17. The summed E-state index contributed by atoms with van der Waals surface area (Å²) in [5.41, 5.74) is 1.08. The molecule has 2 aromatic heterocycles. The molecule has 1 N–H and O–H groups in total. The minimum Gasteiger partial charge on any atom is -0.475 e. The predicted octanol–water partition coefficient (Wildman–Crippen LogP) is 2.84. The highest BCUT2D eigenvalue weighted by Gasteiger charge is 2.34. The van der Waals surface area contributed by atoms with E-state index in [4.69, 9.17) is 9.52 Å². The number of aromatic carboxylic acids is 1. The van der Waals surface area contributed by atoms with Gasteiger partial charge in [0.15, 0.2) is 5.76 Å². The zero-order valence-corrected chi connectivity index (χ0v) is 11.4. The van der Waals surface area contributed by atoms with Crippen molar-refractivity contribution in [2.24, 2.45) is 0 Å². The van der Waals surface area contributed by atoms with Crippen LogP contribution in [0.2, 0.25) is 0 Å². The second-order valence-electron chi connectivity index (χ2n) is 4.76. The highest BCUT2D eigenvalue weighted by molar-refractivity contribution is 7.07. The second kappa shape index (κ2) is 5.13. The number of hydrogen-bond acceptors (Lipinski definition) is 4. The summed E-state index contributed by atoms with van der Waals surface area (Å²) >= 11 is 1.59. The van der Waals surface area contributed by atoms with Crippen molar-refractivity contribution in [1.29, 1.82) is 0 Å². The minimum absolute atomic E-state index is 0.0875. The largest absolute Gasteiger partial charge is 0.475 e. The lowest BCUT2D eigenvalue weighted by Crippen LogP contribution is -2.32. The Morgan fingerprint density at radius 2 is 2.05 bits per heavy atom. The zero-order chi connectivity index (χ0) is 14.1. The third kappa shape index (κ3) is 2.60. The number of carbonyl (C=O) groups is 2. The van der Waals surface area contributed by atoms with Gasteiger partial charge in [0.25, 0.3) is 5.91 Å². The average Bonchev–Trinajstić information content (AvgIpc) is 2.95. The molecular weight excluding hydrogens is 278 g/mol. The molecule has 104 valence electrons. The third-order valence-electron chi connectivity index (χ3n) is 3.21. The van der Waals surface area contributed by atoms with Crippen molar-refractivity contribution in [3.8, 4) is 0 Å². The zero-order valence-electron chi connectivity index (χ0n) is 10.6. The van der Waals surface area contributed by atoms with Gasteiger partial charge in [-0.1, -0.05) is 0 Å². The molecule has 2 heterocycles. The van der Waals surface area contributed by atoms with Gasteiger partial charge in [-0.3, -0.25) is 4.79 Å². The van der Waals surface area contributed by atoms with Gasteiger partial charge in [0.2, 0.25) is 5.76 Å². The molecule has 0 saturated heterocycles. The van der Waals surface area contributed by atoms with E-state index >= 15 is 0 Å². The summed E-state index contributed by atoms with van der Waals surface area (Å²) in [5, 5.41) is 12.8. The maximum atomic E-state index is 12.4. The van der Waals surface area contributed by atoms with Crippen LogP contribution < -0.4 is 0 Å². The summed E-state index contributed by atoms with van der Waals surface area (Å²) < 4.78 is 5.10. The van der Waals surface area contributed by atoms with Gasteiger partial charge in [0.1, 0.15) is 0 Å². The van der Waals surface area contributed by atoms with Crippen molar-refractivity contribution >= 4 is 23.2 Å². The topological polar surface area (TPSA) is 70.8 Å². The highest BCUT2D eigenvalue weighted by atomic mass is 32.1. The summed E-state index contributed by atoms with van der Waals surface area (Å²) in [5.74, 6) is -1.53. The number of carbonyl (C=O) groups excluding carboxylic acids is 1. The Morgan fingerprint density at radius 1 is 1.30 bits per heavy atom. The van der Waals surface area contributed by atoms with Gasteiger partial charge in [-0.15, -0.1) is 0 Å². The molecule has 0 atom stereocenters. The first kappa shape index (κ1) is 12.9. The van der Waals surface area contributed by atoms with E-state index in [0.29, 0.717) is 6.54 Å². The van der Waals surface area contributed by atoms with Gasteiger partial charge in [0, 0.05) is 12.6 Å². The van der Waals surface area contributed by atoms with Crippen molar-refractivity contribution in [2.75, 3.05) is 0 Å². The molecule has 1 amide bonds. The van der Waals surface area contributed by atoms with Gasteiger partial charge in [-0.25, -0.2) is 4.79 Å². The number of nitrogens with zero attached hydrogens (tertiary/aromatic N) is 1. The molecule has 3 rings (SSSR count). The van der Waals surface area contributed by atoms with Crippen LogP contribution in [0.3, 0.4) is 0 Å². The maximum absolute atomic E-state index is 12.4. The van der Waals surface area contributed by atoms with Gasteiger partial charge in [0.05, 0.1) is 0 Å². The fraction of sp³-hybridized carbons (Fsp3) is 0.286. The van der Waals surface area contributed by atoms with Crippen LogP contribution >= 0.6 is 11.3 Å². The van der Waals surface area contributed by atoms with Crippen LogP contribution in [0.4, 0.5) is 0 Å². The Morgan fingerprint density at radius 3 is 2.60 bits per heavy atom. The Balaban J connectivity index is 1.79. The molecule has 0 radical (unpaired) electrons. The van der Waals surface area contributed by atoms with E-state index in [-0.39, 0.29) is 23.5 Å². The molecule has 0 spiro atoms. The van der Waals surface area contributed by atoms with Crippen LogP contribution in [-0.4, -0.2) is 27.9 Å². The van der Waals surface area contributed by atoms with E-state index in [1.807, 2.05) is 16.8 Å². The summed E-state index contributed by atoms with van der Waals surface area (Å²) in [6.07, 6.45) is 1.98. The van der Waals surface area contributed by atoms with Gasteiger partial charge >= 0.3 is 5.97 Å². The Kier molecular flexibility index (Phi) is 3.31. The standard InChI is InChI=1S/C14H13NO4S/c16-13(11-3-4-12(19-11)14(17)18)15(10-1-2-10)7-9-5-6-20-8-9/h3-6,8,10H,1-2,7H2,(H,17,18). The second-order valence-corrected chi connectivity index (χ2v) is 5.54. The molecule has 2 aromatic rings. The number of amides is 1. The Bertz CT molecular complexity index is 627. The molecule has 1 aliphatic carbocycles. The molecule has 5 nitrogen and oxygen atoms in total. The maximum Gasteiger partial charge on any atom is 0.371 e. The smallest absolute Gasteiger partial charge is 0.371 e. The van der Waals surface area contributed by atoms with Crippen LogP contribution in [0, 0.1) is 0 Å². The Hall–Kier alpha value is -2.08. The van der Waals surface area contributed by atoms with Crippen LogP contribution in [0.1, 0.15) is 39.5 Å². The first-order chi connectivity index (χ1) is 9.65. The first-order valence-electron chi connectivity index (χ1n) is 6.30. The monoisotopic (exact) mass is 291 g/mol.